The lowest BCUT2D eigenvalue weighted by Crippen LogP contribution is -2.20. The Morgan fingerprint density at radius 1 is 0.636 bits per heavy atom. The molecule has 0 saturated heterocycles. The molecule has 0 N–H and O–H groups in total. The number of nitrogens with zero attached hydrogens (tertiary/aromatic N) is 2. The number of unbranched alkanes of at least 4 members (excludes halogenated alkanes) is 4. The molecule has 126 valence electrons. The predicted octanol–water partition coefficient (Wildman–Crippen LogP) is 4.93. The summed E-state index contributed by atoms with van der Waals surface area (Å²) in [6, 6.07) is 9.19. The van der Waals surface area contributed by atoms with E-state index in [1.54, 1.807) is 0 Å². The largest absolute Gasteiger partial charge is 0.302 e. The quantitative estimate of drug-likeness (QED) is 0.505. The van der Waals surface area contributed by atoms with Crippen LogP contribution in [0, 0.1) is 0 Å². The first kappa shape index (κ1) is 19.2. The van der Waals surface area contributed by atoms with Gasteiger partial charge in [-0.25, -0.2) is 0 Å². The van der Waals surface area contributed by atoms with Crippen molar-refractivity contribution in [2.75, 3.05) is 27.2 Å². The van der Waals surface area contributed by atoms with Crippen molar-refractivity contribution in [1.29, 1.82) is 0 Å². The third-order valence-electron chi connectivity index (χ3n) is 4.21. The molecule has 2 nitrogen and oxygen atoms in total. The molecule has 0 aliphatic rings. The summed E-state index contributed by atoms with van der Waals surface area (Å²) < 4.78 is 0. The minimum atomic E-state index is 1.07. The standard InChI is InChI=1S/C20H36N2/c1-5-7-9-15-21(3)17-19-11-13-20(14-12-19)18-22(4)16-10-8-6-2/h11-14H,5-10,15-18H2,1-4H3. The molecule has 0 fully saturated rings. The average Bonchev–Trinajstić information content (AvgIpc) is 2.50. The molecule has 22 heavy (non-hydrogen) atoms. The second-order valence-corrected chi connectivity index (χ2v) is 6.71. The van der Waals surface area contributed by atoms with Crippen LogP contribution < -0.4 is 0 Å². The normalized spacial score (nSPS) is 11.5. The van der Waals surface area contributed by atoms with Crippen molar-refractivity contribution in [2.24, 2.45) is 0 Å². The molecule has 2 heteroatoms. The number of hydrogen-bond donors (Lipinski definition) is 0. The van der Waals surface area contributed by atoms with Gasteiger partial charge in [0.25, 0.3) is 0 Å². The highest BCUT2D eigenvalue weighted by molar-refractivity contribution is 5.22. The van der Waals surface area contributed by atoms with Gasteiger partial charge in [0.2, 0.25) is 0 Å². The fourth-order valence-electron chi connectivity index (χ4n) is 2.79. The van der Waals surface area contributed by atoms with Crippen LogP contribution in [-0.2, 0) is 13.1 Å². The molecular formula is C20H36N2. The van der Waals surface area contributed by atoms with Gasteiger partial charge in [0.1, 0.15) is 0 Å². The summed E-state index contributed by atoms with van der Waals surface area (Å²) in [7, 11) is 4.45. The SMILES string of the molecule is CCCCCN(C)Cc1ccc(CN(C)CCCCC)cc1. The number of hydrogen-bond acceptors (Lipinski definition) is 2. The summed E-state index contributed by atoms with van der Waals surface area (Å²) in [6.45, 7) is 9.06. The van der Waals surface area contributed by atoms with E-state index < -0.39 is 0 Å². The van der Waals surface area contributed by atoms with Crippen molar-refractivity contribution in [3.05, 3.63) is 35.4 Å². The first-order valence-electron chi connectivity index (χ1n) is 9.10. The fraction of sp³-hybridized carbons (Fsp3) is 0.700. The van der Waals surface area contributed by atoms with Crippen LogP contribution in [0.2, 0.25) is 0 Å². The van der Waals surface area contributed by atoms with Gasteiger partial charge in [-0.05, 0) is 51.2 Å². The van der Waals surface area contributed by atoms with Gasteiger partial charge >= 0.3 is 0 Å². The lowest BCUT2D eigenvalue weighted by atomic mass is 10.1. The molecule has 0 spiro atoms. The lowest BCUT2D eigenvalue weighted by molar-refractivity contribution is 0.315. The van der Waals surface area contributed by atoms with E-state index in [0.717, 1.165) is 13.1 Å². The molecule has 1 rings (SSSR count). The van der Waals surface area contributed by atoms with Gasteiger partial charge in [0, 0.05) is 13.1 Å². The molecule has 0 saturated carbocycles. The van der Waals surface area contributed by atoms with Crippen LogP contribution in [0.5, 0.6) is 0 Å². The van der Waals surface area contributed by atoms with E-state index >= 15 is 0 Å². The van der Waals surface area contributed by atoms with Gasteiger partial charge in [0.05, 0.1) is 0 Å². The maximum atomic E-state index is 2.43. The summed E-state index contributed by atoms with van der Waals surface area (Å²) >= 11 is 0. The van der Waals surface area contributed by atoms with Crippen molar-refractivity contribution in [2.45, 2.75) is 65.5 Å². The first-order valence-corrected chi connectivity index (χ1v) is 9.10. The monoisotopic (exact) mass is 304 g/mol. The Bertz CT molecular complexity index is 335. The number of rotatable bonds is 12. The summed E-state index contributed by atoms with van der Waals surface area (Å²) in [5, 5.41) is 0. The van der Waals surface area contributed by atoms with E-state index in [1.807, 2.05) is 0 Å². The second kappa shape index (κ2) is 11.7. The third-order valence-corrected chi connectivity index (χ3v) is 4.21. The van der Waals surface area contributed by atoms with Crippen LogP contribution in [0.1, 0.15) is 63.5 Å². The highest BCUT2D eigenvalue weighted by Crippen LogP contribution is 2.10. The van der Waals surface area contributed by atoms with Crippen molar-refractivity contribution in [3.8, 4) is 0 Å². The Hall–Kier alpha value is -0.860. The van der Waals surface area contributed by atoms with Crippen molar-refractivity contribution < 1.29 is 0 Å². The first-order chi connectivity index (χ1) is 10.7. The molecule has 1 aromatic carbocycles. The van der Waals surface area contributed by atoms with E-state index in [2.05, 4.69) is 62.0 Å². The summed E-state index contributed by atoms with van der Waals surface area (Å²) in [5.41, 5.74) is 2.85. The van der Waals surface area contributed by atoms with Crippen molar-refractivity contribution in [1.82, 2.24) is 9.80 Å². The zero-order valence-corrected chi connectivity index (χ0v) is 15.3. The van der Waals surface area contributed by atoms with Crippen LogP contribution >= 0.6 is 0 Å². The van der Waals surface area contributed by atoms with Crippen LogP contribution in [0.3, 0.4) is 0 Å². The van der Waals surface area contributed by atoms with Crippen LogP contribution in [0.4, 0.5) is 0 Å². The minimum Gasteiger partial charge on any atom is -0.302 e. The van der Waals surface area contributed by atoms with Crippen molar-refractivity contribution in [3.63, 3.8) is 0 Å². The fourth-order valence-corrected chi connectivity index (χ4v) is 2.79. The molecule has 0 bridgehead atoms. The van der Waals surface area contributed by atoms with Crippen molar-refractivity contribution >= 4 is 0 Å². The smallest absolute Gasteiger partial charge is 0.0230 e. The lowest BCUT2D eigenvalue weighted by Gasteiger charge is -2.18. The predicted molar refractivity (Wildman–Crippen MR) is 98.2 cm³/mol. The minimum absolute atomic E-state index is 1.07. The van der Waals surface area contributed by atoms with Gasteiger partial charge in [-0.15, -0.1) is 0 Å². The Kier molecular flexibility index (Phi) is 10.2. The molecule has 0 aromatic heterocycles. The van der Waals surface area contributed by atoms with Gasteiger partial charge in [-0.2, -0.15) is 0 Å². The van der Waals surface area contributed by atoms with Gasteiger partial charge in [0.15, 0.2) is 0 Å². The van der Waals surface area contributed by atoms with E-state index in [4.69, 9.17) is 0 Å². The van der Waals surface area contributed by atoms with Crippen LogP contribution in [0.15, 0.2) is 24.3 Å². The topological polar surface area (TPSA) is 6.48 Å². The van der Waals surface area contributed by atoms with E-state index in [-0.39, 0.29) is 0 Å². The van der Waals surface area contributed by atoms with Gasteiger partial charge in [-0.1, -0.05) is 63.8 Å². The molecular weight excluding hydrogens is 268 g/mol. The summed E-state index contributed by atoms with van der Waals surface area (Å²) in [6.07, 6.45) is 7.91. The molecule has 0 radical (unpaired) electrons. The molecule has 0 heterocycles. The highest BCUT2D eigenvalue weighted by atomic mass is 15.1. The Morgan fingerprint density at radius 3 is 1.32 bits per heavy atom. The zero-order chi connectivity index (χ0) is 16.2. The van der Waals surface area contributed by atoms with Crippen LogP contribution in [-0.4, -0.2) is 37.0 Å². The summed E-state index contributed by atoms with van der Waals surface area (Å²) in [5.74, 6) is 0. The van der Waals surface area contributed by atoms with Crippen LogP contribution in [0.25, 0.3) is 0 Å². The van der Waals surface area contributed by atoms with E-state index in [9.17, 15) is 0 Å². The zero-order valence-electron chi connectivity index (χ0n) is 15.3. The van der Waals surface area contributed by atoms with E-state index in [1.165, 1.54) is 62.7 Å². The second-order valence-electron chi connectivity index (χ2n) is 6.71. The molecule has 0 aliphatic carbocycles. The third kappa shape index (κ3) is 8.55. The molecule has 1 aromatic rings. The molecule has 0 aliphatic heterocycles. The highest BCUT2D eigenvalue weighted by Gasteiger charge is 2.03. The Balaban J connectivity index is 2.32. The maximum absolute atomic E-state index is 2.43. The molecule has 0 amide bonds. The average molecular weight is 305 g/mol. The number of benzene rings is 1. The van der Waals surface area contributed by atoms with Gasteiger partial charge in [-0.3, -0.25) is 0 Å². The summed E-state index contributed by atoms with van der Waals surface area (Å²) in [4.78, 5) is 4.86. The molecule has 0 unspecified atom stereocenters. The van der Waals surface area contributed by atoms with Gasteiger partial charge < -0.3 is 9.80 Å². The Morgan fingerprint density at radius 2 is 1.00 bits per heavy atom. The maximum Gasteiger partial charge on any atom is 0.0230 e. The molecule has 0 atom stereocenters. The Labute approximate surface area is 138 Å². The van der Waals surface area contributed by atoms with E-state index in [0.29, 0.717) is 0 Å².